The average molecular weight is 188 g/mol. The Bertz CT molecular complexity index is 318. The second kappa shape index (κ2) is 5.43. The highest BCUT2D eigenvalue weighted by Gasteiger charge is 2.03. The first kappa shape index (κ1) is 10.8. The molecule has 0 saturated carbocycles. The molecule has 0 spiro atoms. The monoisotopic (exact) mass is 188 g/mol. The molecule has 1 aromatic carbocycles. The van der Waals surface area contributed by atoms with Gasteiger partial charge < -0.3 is 5.11 Å². The van der Waals surface area contributed by atoms with Gasteiger partial charge in [-0.1, -0.05) is 36.9 Å². The molecule has 0 unspecified atom stereocenters. The van der Waals surface area contributed by atoms with Gasteiger partial charge in [-0.15, -0.1) is 5.73 Å². The minimum absolute atomic E-state index is 0.434. The Morgan fingerprint density at radius 1 is 1.43 bits per heavy atom. The molecular weight excluding hydrogens is 172 g/mol. The van der Waals surface area contributed by atoms with Crippen molar-refractivity contribution in [1.82, 2.24) is 0 Å². The van der Waals surface area contributed by atoms with Crippen LogP contribution in [-0.4, -0.2) is 11.2 Å². The van der Waals surface area contributed by atoms with Crippen LogP contribution >= 0.6 is 0 Å². The van der Waals surface area contributed by atoms with E-state index in [1.807, 2.05) is 18.2 Å². The van der Waals surface area contributed by atoms with Crippen LogP contribution in [0.4, 0.5) is 0 Å². The zero-order chi connectivity index (χ0) is 10.4. The smallest absolute Gasteiger partial charge is 0.0795 e. The third kappa shape index (κ3) is 3.21. The first-order chi connectivity index (χ1) is 6.74. The van der Waals surface area contributed by atoms with Crippen LogP contribution in [0.2, 0.25) is 0 Å². The molecule has 0 heterocycles. The molecule has 0 aliphatic carbocycles. The molecule has 14 heavy (non-hydrogen) atoms. The molecule has 0 aliphatic heterocycles. The van der Waals surface area contributed by atoms with Crippen molar-refractivity contribution >= 4 is 0 Å². The second-order valence-corrected chi connectivity index (χ2v) is 3.36. The Morgan fingerprint density at radius 3 is 2.57 bits per heavy atom. The normalized spacial score (nSPS) is 11.9. The molecule has 0 saturated heterocycles. The van der Waals surface area contributed by atoms with Crippen LogP contribution < -0.4 is 0 Å². The van der Waals surface area contributed by atoms with E-state index in [-0.39, 0.29) is 0 Å². The van der Waals surface area contributed by atoms with Crippen molar-refractivity contribution in [3.05, 3.63) is 53.8 Å². The van der Waals surface area contributed by atoms with Gasteiger partial charge in [-0.25, -0.2) is 0 Å². The quantitative estimate of drug-likeness (QED) is 0.720. The topological polar surface area (TPSA) is 20.2 Å². The van der Waals surface area contributed by atoms with Crippen LogP contribution in [0.3, 0.4) is 0 Å². The lowest BCUT2D eigenvalue weighted by Crippen LogP contribution is -2.04. The Morgan fingerprint density at radius 2 is 2.07 bits per heavy atom. The lowest BCUT2D eigenvalue weighted by molar-refractivity contribution is 0.227. The molecule has 0 amide bonds. The second-order valence-electron chi connectivity index (χ2n) is 3.36. The van der Waals surface area contributed by atoms with Crippen molar-refractivity contribution in [2.45, 2.75) is 25.9 Å². The van der Waals surface area contributed by atoms with E-state index >= 15 is 0 Å². The van der Waals surface area contributed by atoms with E-state index in [0.29, 0.717) is 0 Å². The molecule has 1 rings (SSSR count). The van der Waals surface area contributed by atoms with Crippen molar-refractivity contribution in [3.63, 3.8) is 0 Å². The van der Waals surface area contributed by atoms with E-state index in [9.17, 15) is 5.11 Å². The van der Waals surface area contributed by atoms with Crippen LogP contribution in [-0.2, 0) is 6.42 Å². The molecule has 0 fully saturated rings. The van der Waals surface area contributed by atoms with Gasteiger partial charge in [0.1, 0.15) is 0 Å². The van der Waals surface area contributed by atoms with Crippen LogP contribution in [0.25, 0.3) is 0 Å². The maximum atomic E-state index is 9.35. The highest BCUT2D eigenvalue weighted by molar-refractivity contribution is 5.17. The molecule has 0 radical (unpaired) electrons. The van der Waals surface area contributed by atoms with Crippen molar-refractivity contribution in [3.8, 4) is 0 Å². The van der Waals surface area contributed by atoms with E-state index in [1.54, 1.807) is 6.92 Å². The van der Waals surface area contributed by atoms with Crippen molar-refractivity contribution in [1.29, 1.82) is 0 Å². The maximum Gasteiger partial charge on any atom is 0.0795 e. The molecule has 1 N–H and O–H groups in total. The fourth-order valence-corrected chi connectivity index (χ4v) is 1.37. The van der Waals surface area contributed by atoms with Gasteiger partial charge in [-0.05, 0) is 30.9 Å². The maximum absolute atomic E-state index is 9.35. The Kier molecular flexibility index (Phi) is 4.18. The summed E-state index contributed by atoms with van der Waals surface area (Å²) in [6.45, 7) is 5.32. The Labute approximate surface area is 85.4 Å². The van der Waals surface area contributed by atoms with Gasteiger partial charge in [0.05, 0.1) is 6.10 Å². The molecule has 0 aliphatic rings. The molecule has 1 aromatic rings. The summed E-state index contributed by atoms with van der Waals surface area (Å²) in [7, 11) is 0. The number of hydrogen-bond acceptors (Lipinski definition) is 1. The standard InChI is InChI=1S/C13H16O/c1-3-13(11(2)14)10-9-12-7-5-4-6-8-12/h4-8,11,14H,1,9-10H2,2H3/t11-/m0/s1. The van der Waals surface area contributed by atoms with Gasteiger partial charge in [0.25, 0.3) is 0 Å². The number of benzene rings is 1. The zero-order valence-electron chi connectivity index (χ0n) is 8.53. The fraction of sp³-hybridized carbons (Fsp3) is 0.308. The third-order valence-corrected chi connectivity index (χ3v) is 2.26. The molecule has 1 heteroatoms. The van der Waals surface area contributed by atoms with Crippen molar-refractivity contribution in [2.75, 3.05) is 0 Å². The first-order valence-corrected chi connectivity index (χ1v) is 4.85. The van der Waals surface area contributed by atoms with Gasteiger partial charge >= 0.3 is 0 Å². The number of aryl methyl sites for hydroxylation is 1. The molecule has 74 valence electrons. The highest BCUT2D eigenvalue weighted by Crippen LogP contribution is 2.11. The van der Waals surface area contributed by atoms with Gasteiger partial charge in [0, 0.05) is 0 Å². The molecular formula is C13H16O. The SMILES string of the molecule is C=C=C(CCc1ccccc1)[C@H](C)O. The first-order valence-electron chi connectivity index (χ1n) is 4.85. The van der Waals surface area contributed by atoms with E-state index in [0.717, 1.165) is 18.4 Å². The lowest BCUT2D eigenvalue weighted by atomic mass is 10.0. The van der Waals surface area contributed by atoms with Gasteiger partial charge in [-0.2, -0.15) is 0 Å². The lowest BCUT2D eigenvalue weighted by Gasteiger charge is -2.07. The summed E-state index contributed by atoms with van der Waals surface area (Å²) < 4.78 is 0. The summed E-state index contributed by atoms with van der Waals surface area (Å²) in [6.07, 6.45) is 1.32. The summed E-state index contributed by atoms with van der Waals surface area (Å²) in [6, 6.07) is 10.2. The van der Waals surface area contributed by atoms with E-state index in [1.165, 1.54) is 5.56 Å². The third-order valence-electron chi connectivity index (χ3n) is 2.26. The summed E-state index contributed by atoms with van der Waals surface area (Å²) in [4.78, 5) is 0. The highest BCUT2D eigenvalue weighted by atomic mass is 16.3. The summed E-state index contributed by atoms with van der Waals surface area (Å²) >= 11 is 0. The minimum atomic E-state index is -0.434. The Balaban J connectivity index is 2.53. The average Bonchev–Trinajstić information content (AvgIpc) is 2.20. The van der Waals surface area contributed by atoms with Gasteiger partial charge in [0.15, 0.2) is 0 Å². The number of hydrogen-bond donors (Lipinski definition) is 1. The Hall–Kier alpha value is -1.30. The molecule has 1 atom stereocenters. The largest absolute Gasteiger partial charge is 0.388 e. The van der Waals surface area contributed by atoms with E-state index in [2.05, 4.69) is 24.4 Å². The van der Waals surface area contributed by atoms with E-state index in [4.69, 9.17) is 0 Å². The molecule has 0 bridgehead atoms. The number of aliphatic hydroxyl groups is 1. The van der Waals surface area contributed by atoms with Crippen LogP contribution in [0.1, 0.15) is 18.9 Å². The number of aliphatic hydroxyl groups excluding tert-OH is 1. The van der Waals surface area contributed by atoms with Gasteiger partial charge in [0.2, 0.25) is 0 Å². The van der Waals surface area contributed by atoms with Crippen LogP contribution in [0, 0.1) is 0 Å². The van der Waals surface area contributed by atoms with E-state index < -0.39 is 6.10 Å². The van der Waals surface area contributed by atoms with Crippen LogP contribution in [0.15, 0.2) is 48.2 Å². The summed E-state index contributed by atoms with van der Waals surface area (Å²) in [5, 5.41) is 9.35. The molecule has 0 aromatic heterocycles. The predicted molar refractivity (Wildman–Crippen MR) is 59.1 cm³/mol. The summed E-state index contributed by atoms with van der Waals surface area (Å²) in [5.41, 5.74) is 4.95. The summed E-state index contributed by atoms with van der Waals surface area (Å²) in [5.74, 6) is 0. The fourth-order valence-electron chi connectivity index (χ4n) is 1.37. The van der Waals surface area contributed by atoms with Crippen molar-refractivity contribution < 1.29 is 5.11 Å². The van der Waals surface area contributed by atoms with Crippen LogP contribution in [0.5, 0.6) is 0 Å². The van der Waals surface area contributed by atoms with Gasteiger partial charge in [-0.3, -0.25) is 0 Å². The zero-order valence-corrected chi connectivity index (χ0v) is 8.53. The molecule has 1 nitrogen and oxygen atoms in total. The minimum Gasteiger partial charge on any atom is -0.388 e. The van der Waals surface area contributed by atoms with Crippen molar-refractivity contribution in [2.24, 2.45) is 0 Å². The number of rotatable bonds is 4. The predicted octanol–water partition coefficient (Wildman–Crippen LogP) is 2.71.